The molecule has 2 rings (SSSR count). The summed E-state index contributed by atoms with van der Waals surface area (Å²) in [6.45, 7) is 4.12. The molecule has 1 fully saturated rings. The SMILES string of the molecule is CC(C)c1c(N)ncnc1N1CC(=O)NC(=O)C1. The predicted molar refractivity (Wildman–Crippen MR) is 65.9 cm³/mol. The van der Waals surface area contributed by atoms with Gasteiger partial charge in [-0.3, -0.25) is 14.9 Å². The van der Waals surface area contributed by atoms with Gasteiger partial charge in [0.25, 0.3) is 0 Å². The van der Waals surface area contributed by atoms with Crippen molar-refractivity contribution in [2.24, 2.45) is 0 Å². The summed E-state index contributed by atoms with van der Waals surface area (Å²) in [6, 6.07) is 0. The average Bonchev–Trinajstić information content (AvgIpc) is 2.26. The summed E-state index contributed by atoms with van der Waals surface area (Å²) in [6.07, 6.45) is 1.34. The van der Waals surface area contributed by atoms with E-state index in [1.807, 2.05) is 13.8 Å². The third kappa shape index (κ3) is 2.24. The Hall–Kier alpha value is -2.18. The highest BCUT2D eigenvalue weighted by Crippen LogP contribution is 2.29. The molecule has 1 aromatic rings. The lowest BCUT2D eigenvalue weighted by Crippen LogP contribution is -2.52. The number of piperazine rings is 1. The van der Waals surface area contributed by atoms with Gasteiger partial charge in [-0.05, 0) is 5.92 Å². The number of nitrogen functional groups attached to an aromatic ring is 1. The van der Waals surface area contributed by atoms with Crippen molar-refractivity contribution in [3.8, 4) is 0 Å². The van der Waals surface area contributed by atoms with Crippen molar-refractivity contribution in [2.75, 3.05) is 23.7 Å². The standard InChI is InChI=1S/C11H15N5O2/c1-6(2)9-10(12)13-5-14-11(9)16-3-7(17)15-8(18)4-16/h5-6H,3-4H2,1-2H3,(H2,12,13,14)(H,15,17,18). The molecule has 1 aliphatic rings. The van der Waals surface area contributed by atoms with Gasteiger partial charge in [0.1, 0.15) is 18.0 Å². The first-order chi connectivity index (χ1) is 8.49. The molecule has 2 amide bonds. The van der Waals surface area contributed by atoms with Crippen LogP contribution in [-0.2, 0) is 9.59 Å². The molecule has 0 spiro atoms. The highest BCUT2D eigenvalue weighted by Gasteiger charge is 2.26. The molecule has 0 bridgehead atoms. The second-order valence-corrected chi connectivity index (χ2v) is 4.48. The van der Waals surface area contributed by atoms with E-state index in [0.717, 1.165) is 5.56 Å². The molecule has 0 radical (unpaired) electrons. The van der Waals surface area contributed by atoms with Gasteiger partial charge in [-0.2, -0.15) is 0 Å². The highest BCUT2D eigenvalue weighted by atomic mass is 16.2. The van der Waals surface area contributed by atoms with Gasteiger partial charge in [-0.1, -0.05) is 13.8 Å². The van der Waals surface area contributed by atoms with E-state index < -0.39 is 0 Å². The summed E-state index contributed by atoms with van der Waals surface area (Å²) < 4.78 is 0. The number of amides is 2. The maximum absolute atomic E-state index is 11.4. The zero-order chi connectivity index (χ0) is 13.3. The first-order valence-corrected chi connectivity index (χ1v) is 5.67. The molecule has 3 N–H and O–H groups in total. The van der Waals surface area contributed by atoms with Gasteiger partial charge in [-0.25, -0.2) is 9.97 Å². The van der Waals surface area contributed by atoms with Gasteiger partial charge in [0.15, 0.2) is 0 Å². The van der Waals surface area contributed by atoms with E-state index in [1.54, 1.807) is 4.90 Å². The van der Waals surface area contributed by atoms with Gasteiger partial charge in [0.05, 0.1) is 13.1 Å². The minimum absolute atomic E-state index is 0.0991. The number of hydrogen-bond donors (Lipinski definition) is 2. The second kappa shape index (κ2) is 4.59. The molecule has 7 nitrogen and oxygen atoms in total. The molecule has 1 aliphatic heterocycles. The Bertz CT molecular complexity index is 484. The number of carbonyl (C=O) groups excluding carboxylic acids is 2. The third-order valence-electron chi connectivity index (χ3n) is 2.72. The van der Waals surface area contributed by atoms with Crippen molar-refractivity contribution in [3.05, 3.63) is 11.9 Å². The van der Waals surface area contributed by atoms with Crippen LogP contribution in [0.15, 0.2) is 6.33 Å². The fourth-order valence-corrected chi connectivity index (χ4v) is 1.99. The maximum Gasteiger partial charge on any atom is 0.246 e. The van der Waals surface area contributed by atoms with E-state index in [1.165, 1.54) is 6.33 Å². The van der Waals surface area contributed by atoms with Crippen LogP contribution >= 0.6 is 0 Å². The molecule has 0 aromatic carbocycles. The van der Waals surface area contributed by atoms with Crippen LogP contribution < -0.4 is 16.0 Å². The molecular weight excluding hydrogens is 234 g/mol. The molecular formula is C11H15N5O2. The topological polar surface area (TPSA) is 101 Å². The quantitative estimate of drug-likeness (QED) is 0.694. The first-order valence-electron chi connectivity index (χ1n) is 5.67. The zero-order valence-electron chi connectivity index (χ0n) is 10.3. The van der Waals surface area contributed by atoms with E-state index in [4.69, 9.17) is 5.73 Å². The van der Waals surface area contributed by atoms with Crippen LogP contribution in [-0.4, -0.2) is 34.9 Å². The van der Waals surface area contributed by atoms with Crippen LogP contribution in [0.2, 0.25) is 0 Å². The van der Waals surface area contributed by atoms with Gasteiger partial charge in [-0.15, -0.1) is 0 Å². The Morgan fingerprint density at radius 3 is 2.44 bits per heavy atom. The van der Waals surface area contributed by atoms with Crippen molar-refractivity contribution >= 4 is 23.5 Å². The van der Waals surface area contributed by atoms with E-state index in [-0.39, 0.29) is 30.8 Å². The second-order valence-electron chi connectivity index (χ2n) is 4.48. The smallest absolute Gasteiger partial charge is 0.246 e. The van der Waals surface area contributed by atoms with E-state index >= 15 is 0 Å². The largest absolute Gasteiger partial charge is 0.383 e. The molecule has 7 heteroatoms. The van der Waals surface area contributed by atoms with Crippen LogP contribution in [0.1, 0.15) is 25.3 Å². The molecule has 0 unspecified atom stereocenters. The van der Waals surface area contributed by atoms with Crippen LogP contribution in [0.25, 0.3) is 0 Å². The minimum atomic E-state index is -0.335. The molecule has 1 aromatic heterocycles. The summed E-state index contributed by atoms with van der Waals surface area (Å²) in [5, 5.41) is 2.25. The third-order valence-corrected chi connectivity index (χ3v) is 2.72. The fraction of sp³-hybridized carbons (Fsp3) is 0.455. The first kappa shape index (κ1) is 12.3. The van der Waals surface area contributed by atoms with Gasteiger partial charge < -0.3 is 10.6 Å². The lowest BCUT2D eigenvalue weighted by atomic mass is 10.0. The summed E-state index contributed by atoms with van der Waals surface area (Å²) in [4.78, 5) is 32.5. The van der Waals surface area contributed by atoms with Crippen molar-refractivity contribution in [1.82, 2.24) is 15.3 Å². The Morgan fingerprint density at radius 1 is 1.28 bits per heavy atom. The number of aromatic nitrogens is 2. The van der Waals surface area contributed by atoms with Crippen LogP contribution in [0.5, 0.6) is 0 Å². The highest BCUT2D eigenvalue weighted by molar-refractivity contribution is 6.02. The van der Waals surface area contributed by atoms with Crippen molar-refractivity contribution in [3.63, 3.8) is 0 Å². The number of nitrogens with zero attached hydrogens (tertiary/aromatic N) is 3. The zero-order valence-corrected chi connectivity index (χ0v) is 10.3. The van der Waals surface area contributed by atoms with Crippen LogP contribution in [0.3, 0.4) is 0 Å². The number of carbonyl (C=O) groups is 2. The Kier molecular flexibility index (Phi) is 3.14. The van der Waals surface area contributed by atoms with Crippen LogP contribution in [0, 0.1) is 0 Å². The summed E-state index contributed by atoms with van der Waals surface area (Å²) in [7, 11) is 0. The van der Waals surface area contributed by atoms with Gasteiger partial charge >= 0.3 is 0 Å². The molecule has 96 valence electrons. The number of nitrogens with one attached hydrogen (secondary N) is 1. The summed E-state index contributed by atoms with van der Waals surface area (Å²) >= 11 is 0. The molecule has 1 saturated heterocycles. The Morgan fingerprint density at radius 2 is 1.89 bits per heavy atom. The minimum Gasteiger partial charge on any atom is -0.383 e. The Labute approximate surface area is 104 Å². The number of nitrogens with two attached hydrogens (primary N) is 1. The monoisotopic (exact) mass is 249 g/mol. The number of rotatable bonds is 2. The lowest BCUT2D eigenvalue weighted by Gasteiger charge is -2.29. The molecule has 2 heterocycles. The average molecular weight is 249 g/mol. The van der Waals surface area contributed by atoms with Crippen molar-refractivity contribution in [2.45, 2.75) is 19.8 Å². The summed E-state index contributed by atoms with van der Waals surface area (Å²) in [5.74, 6) is 0.381. The van der Waals surface area contributed by atoms with Crippen LogP contribution in [0.4, 0.5) is 11.6 Å². The maximum atomic E-state index is 11.4. The molecule has 0 atom stereocenters. The summed E-state index contributed by atoms with van der Waals surface area (Å²) in [5.41, 5.74) is 6.60. The lowest BCUT2D eigenvalue weighted by molar-refractivity contribution is -0.130. The number of imide groups is 1. The molecule has 0 aliphatic carbocycles. The number of anilines is 2. The van der Waals surface area contributed by atoms with E-state index in [9.17, 15) is 9.59 Å². The van der Waals surface area contributed by atoms with Crippen molar-refractivity contribution in [1.29, 1.82) is 0 Å². The van der Waals surface area contributed by atoms with Gasteiger partial charge in [0, 0.05) is 5.56 Å². The predicted octanol–water partition coefficient (Wildman–Crippen LogP) is -0.355. The van der Waals surface area contributed by atoms with E-state index in [0.29, 0.717) is 11.6 Å². The molecule has 18 heavy (non-hydrogen) atoms. The Balaban J connectivity index is 2.41. The fourth-order valence-electron chi connectivity index (χ4n) is 1.99. The van der Waals surface area contributed by atoms with Crippen molar-refractivity contribution < 1.29 is 9.59 Å². The number of hydrogen-bond acceptors (Lipinski definition) is 6. The molecule has 0 saturated carbocycles. The van der Waals surface area contributed by atoms with E-state index in [2.05, 4.69) is 15.3 Å². The normalized spacial score (nSPS) is 16.1. The van der Waals surface area contributed by atoms with Gasteiger partial charge in [0.2, 0.25) is 11.8 Å².